The van der Waals surface area contributed by atoms with Crippen molar-refractivity contribution < 1.29 is 24.2 Å². The van der Waals surface area contributed by atoms with Crippen molar-refractivity contribution in [1.82, 2.24) is 10.2 Å². The third kappa shape index (κ3) is 3.45. The lowest BCUT2D eigenvalue weighted by Gasteiger charge is -2.38. The van der Waals surface area contributed by atoms with E-state index < -0.39 is 41.0 Å². The minimum absolute atomic E-state index is 0.101. The maximum absolute atomic E-state index is 13.9. The SMILES string of the molecule is CC[C@]12CCC3(O1)C(C(=O)Nc1ccc(Cl)cc1)N([C@@H](CO)C(C)C)C(=O)[C@@H]3[C@H]2C(=O)NC. The Balaban J connectivity index is 1.81. The molecule has 3 heterocycles. The number of aliphatic hydroxyl groups excluding tert-OH is 1. The summed E-state index contributed by atoms with van der Waals surface area (Å²) in [7, 11) is 1.55. The first kappa shape index (κ1) is 24.0. The summed E-state index contributed by atoms with van der Waals surface area (Å²) in [6, 6.07) is 5.18. The predicted molar refractivity (Wildman–Crippen MR) is 124 cm³/mol. The van der Waals surface area contributed by atoms with Crippen LogP contribution >= 0.6 is 11.6 Å². The lowest BCUT2D eigenvalue weighted by molar-refractivity contribution is -0.150. The van der Waals surface area contributed by atoms with Crippen LogP contribution in [-0.4, -0.2) is 64.7 Å². The van der Waals surface area contributed by atoms with Crippen LogP contribution in [0.25, 0.3) is 0 Å². The Kier molecular flexibility index (Phi) is 6.22. The topological polar surface area (TPSA) is 108 Å². The van der Waals surface area contributed by atoms with Crippen molar-refractivity contribution in [3.8, 4) is 0 Å². The molecule has 4 rings (SSSR count). The molecular formula is C24H32ClN3O5. The van der Waals surface area contributed by atoms with Crippen LogP contribution in [0.2, 0.25) is 5.02 Å². The van der Waals surface area contributed by atoms with E-state index in [9.17, 15) is 19.5 Å². The number of rotatable bonds is 7. The van der Waals surface area contributed by atoms with Gasteiger partial charge in [0.1, 0.15) is 11.6 Å². The number of anilines is 1. The number of benzene rings is 1. The fourth-order valence-electron chi connectivity index (χ4n) is 6.23. The fourth-order valence-corrected chi connectivity index (χ4v) is 6.36. The van der Waals surface area contributed by atoms with Gasteiger partial charge in [-0.2, -0.15) is 0 Å². The highest BCUT2D eigenvalue weighted by molar-refractivity contribution is 6.30. The summed E-state index contributed by atoms with van der Waals surface area (Å²) < 4.78 is 6.63. The zero-order chi connectivity index (χ0) is 24.1. The molecule has 0 radical (unpaired) electrons. The van der Waals surface area contributed by atoms with E-state index in [2.05, 4.69) is 10.6 Å². The van der Waals surface area contributed by atoms with Gasteiger partial charge in [0.2, 0.25) is 17.7 Å². The molecule has 33 heavy (non-hydrogen) atoms. The summed E-state index contributed by atoms with van der Waals surface area (Å²) in [5.74, 6) is -2.51. The summed E-state index contributed by atoms with van der Waals surface area (Å²) in [5.41, 5.74) is -1.36. The average Bonchev–Trinajstić information content (AvgIpc) is 3.39. The van der Waals surface area contributed by atoms with E-state index in [1.165, 1.54) is 4.90 Å². The molecule has 0 aliphatic carbocycles. The number of halogens is 1. The number of amides is 3. The van der Waals surface area contributed by atoms with Crippen molar-refractivity contribution >= 4 is 35.0 Å². The van der Waals surface area contributed by atoms with E-state index in [4.69, 9.17) is 16.3 Å². The van der Waals surface area contributed by atoms with Gasteiger partial charge < -0.3 is 25.4 Å². The Morgan fingerprint density at radius 1 is 1.24 bits per heavy atom. The Hall–Kier alpha value is -2.16. The largest absolute Gasteiger partial charge is 0.394 e. The third-order valence-corrected chi connectivity index (χ3v) is 8.07. The molecule has 0 aromatic heterocycles. The maximum Gasteiger partial charge on any atom is 0.250 e. The van der Waals surface area contributed by atoms with Crippen molar-refractivity contribution in [3.05, 3.63) is 29.3 Å². The predicted octanol–water partition coefficient (Wildman–Crippen LogP) is 2.20. The fraction of sp³-hybridized carbons (Fsp3) is 0.625. The number of ether oxygens (including phenoxy) is 1. The number of aliphatic hydroxyl groups is 1. The Labute approximate surface area is 199 Å². The van der Waals surface area contributed by atoms with Gasteiger partial charge in [-0.1, -0.05) is 32.4 Å². The molecule has 9 heteroatoms. The minimum atomic E-state index is -1.12. The van der Waals surface area contributed by atoms with Crippen molar-refractivity contribution in [2.75, 3.05) is 19.0 Å². The van der Waals surface area contributed by atoms with Gasteiger partial charge in [-0.25, -0.2) is 0 Å². The molecule has 6 atom stereocenters. The van der Waals surface area contributed by atoms with Crippen LogP contribution in [0.5, 0.6) is 0 Å². The molecule has 8 nitrogen and oxygen atoms in total. The molecule has 3 N–H and O–H groups in total. The average molecular weight is 478 g/mol. The molecule has 2 unspecified atom stereocenters. The molecule has 1 aromatic carbocycles. The summed E-state index contributed by atoms with van der Waals surface area (Å²) >= 11 is 5.98. The molecule has 3 aliphatic heterocycles. The highest BCUT2D eigenvalue weighted by Gasteiger charge is 2.79. The number of likely N-dealkylation sites (tertiary alicyclic amines) is 1. The number of fused-ring (bicyclic) bond motifs is 1. The molecule has 1 spiro atoms. The zero-order valence-electron chi connectivity index (χ0n) is 19.4. The second-order valence-electron chi connectivity index (χ2n) is 9.68. The van der Waals surface area contributed by atoms with Gasteiger partial charge in [0.05, 0.1) is 30.1 Å². The van der Waals surface area contributed by atoms with E-state index in [0.717, 1.165) is 0 Å². The van der Waals surface area contributed by atoms with Crippen molar-refractivity contribution in [3.63, 3.8) is 0 Å². The van der Waals surface area contributed by atoms with Crippen LogP contribution in [-0.2, 0) is 19.1 Å². The monoisotopic (exact) mass is 477 g/mol. The van der Waals surface area contributed by atoms with E-state index >= 15 is 0 Å². The smallest absolute Gasteiger partial charge is 0.250 e. The lowest BCUT2D eigenvalue weighted by Crippen LogP contribution is -2.57. The molecule has 3 saturated heterocycles. The van der Waals surface area contributed by atoms with Crippen LogP contribution in [0.15, 0.2) is 24.3 Å². The van der Waals surface area contributed by atoms with Crippen LogP contribution in [0.4, 0.5) is 5.69 Å². The summed E-state index contributed by atoms with van der Waals surface area (Å²) in [6.07, 6.45) is 1.65. The summed E-state index contributed by atoms with van der Waals surface area (Å²) in [6.45, 7) is 5.46. The number of carbonyl (C=O) groups is 3. The lowest BCUT2D eigenvalue weighted by atomic mass is 9.65. The number of carbonyl (C=O) groups excluding carboxylic acids is 3. The van der Waals surface area contributed by atoms with Crippen molar-refractivity contribution in [1.29, 1.82) is 0 Å². The van der Waals surface area contributed by atoms with Gasteiger partial charge >= 0.3 is 0 Å². The first-order chi connectivity index (χ1) is 15.7. The second-order valence-corrected chi connectivity index (χ2v) is 10.1. The number of hydrogen-bond donors (Lipinski definition) is 3. The molecular weight excluding hydrogens is 446 g/mol. The highest BCUT2D eigenvalue weighted by Crippen LogP contribution is 2.64. The standard InChI is InChI=1S/C24H32ClN3O5/c1-5-23-10-11-24(33-23)18(17(23)20(30)26-4)22(32)28(16(12-29)13(2)3)19(24)21(31)27-15-8-6-14(25)7-9-15/h6-9,13,16-19,29H,5,10-12H2,1-4H3,(H,26,30)(H,27,31)/t16-,17-,18-,19?,23+,24?/m0/s1. The van der Waals surface area contributed by atoms with Gasteiger partial charge in [0.25, 0.3) is 0 Å². The zero-order valence-corrected chi connectivity index (χ0v) is 20.2. The van der Waals surface area contributed by atoms with E-state index in [1.54, 1.807) is 31.3 Å². The van der Waals surface area contributed by atoms with Gasteiger partial charge in [-0.15, -0.1) is 0 Å². The van der Waals surface area contributed by atoms with Crippen LogP contribution < -0.4 is 10.6 Å². The van der Waals surface area contributed by atoms with E-state index in [1.807, 2.05) is 20.8 Å². The highest BCUT2D eigenvalue weighted by atomic mass is 35.5. The van der Waals surface area contributed by atoms with Gasteiger partial charge in [0, 0.05) is 17.8 Å². The maximum atomic E-state index is 13.9. The Bertz CT molecular complexity index is 954. The molecule has 0 saturated carbocycles. The summed E-state index contributed by atoms with van der Waals surface area (Å²) in [4.78, 5) is 42.2. The molecule has 1 aromatic rings. The first-order valence-corrected chi connectivity index (χ1v) is 11.9. The van der Waals surface area contributed by atoms with Crippen molar-refractivity contribution in [2.45, 2.75) is 63.3 Å². The molecule has 3 amide bonds. The molecule has 3 fully saturated rings. The normalized spacial score (nSPS) is 33.4. The molecule has 180 valence electrons. The number of nitrogens with one attached hydrogen (secondary N) is 2. The third-order valence-electron chi connectivity index (χ3n) is 7.82. The van der Waals surface area contributed by atoms with E-state index in [0.29, 0.717) is 30.0 Å². The molecule has 3 aliphatic rings. The Morgan fingerprint density at radius 2 is 1.91 bits per heavy atom. The van der Waals surface area contributed by atoms with Crippen LogP contribution in [0, 0.1) is 17.8 Å². The van der Waals surface area contributed by atoms with Crippen molar-refractivity contribution in [2.24, 2.45) is 17.8 Å². The van der Waals surface area contributed by atoms with Gasteiger partial charge in [-0.05, 0) is 49.4 Å². The minimum Gasteiger partial charge on any atom is -0.394 e. The molecule has 2 bridgehead atoms. The van der Waals surface area contributed by atoms with Crippen LogP contribution in [0.1, 0.15) is 40.0 Å². The quantitative estimate of drug-likeness (QED) is 0.558. The van der Waals surface area contributed by atoms with Crippen LogP contribution in [0.3, 0.4) is 0 Å². The van der Waals surface area contributed by atoms with E-state index in [-0.39, 0.29) is 24.3 Å². The number of hydrogen-bond acceptors (Lipinski definition) is 5. The summed E-state index contributed by atoms with van der Waals surface area (Å²) in [5, 5.41) is 16.3. The van der Waals surface area contributed by atoms with Gasteiger partial charge in [-0.3, -0.25) is 14.4 Å². The number of nitrogens with zero attached hydrogens (tertiary/aromatic N) is 1. The van der Waals surface area contributed by atoms with Gasteiger partial charge in [0.15, 0.2) is 0 Å². The second kappa shape index (κ2) is 8.56. The Morgan fingerprint density at radius 3 is 2.45 bits per heavy atom. The first-order valence-electron chi connectivity index (χ1n) is 11.6.